The maximum absolute atomic E-state index is 12.8. The standard InChI is InChI=1S/C19H18N4O2/c20-17(24)13-23-16(15-9-5-2-6-10-15)12-22-18(19(23)25)21-11-14-7-3-1-4-8-14/h1-10,12H,11,13H2,(H2,20,24)(H,21,22). The Kier molecular flexibility index (Phi) is 4.89. The molecule has 25 heavy (non-hydrogen) atoms. The summed E-state index contributed by atoms with van der Waals surface area (Å²) in [6.07, 6.45) is 1.58. The van der Waals surface area contributed by atoms with Gasteiger partial charge < -0.3 is 11.1 Å². The Labute approximate surface area is 145 Å². The molecule has 0 aliphatic rings. The number of aromatic nitrogens is 2. The van der Waals surface area contributed by atoms with Crippen molar-refractivity contribution < 1.29 is 4.79 Å². The fraction of sp³-hybridized carbons (Fsp3) is 0.105. The van der Waals surface area contributed by atoms with Crippen molar-refractivity contribution >= 4 is 11.7 Å². The lowest BCUT2D eigenvalue weighted by molar-refractivity contribution is -0.118. The molecule has 3 N–H and O–H groups in total. The van der Waals surface area contributed by atoms with Crippen LogP contribution in [0.2, 0.25) is 0 Å². The molecular formula is C19H18N4O2. The van der Waals surface area contributed by atoms with E-state index in [-0.39, 0.29) is 17.9 Å². The van der Waals surface area contributed by atoms with E-state index in [1.807, 2.05) is 60.7 Å². The monoisotopic (exact) mass is 334 g/mol. The number of hydrogen-bond donors (Lipinski definition) is 2. The third-order valence-electron chi connectivity index (χ3n) is 3.74. The van der Waals surface area contributed by atoms with Crippen molar-refractivity contribution in [3.63, 3.8) is 0 Å². The van der Waals surface area contributed by atoms with Crippen molar-refractivity contribution in [2.75, 3.05) is 5.32 Å². The number of nitrogens with two attached hydrogens (primary N) is 1. The fourth-order valence-corrected chi connectivity index (χ4v) is 2.54. The molecule has 3 rings (SSSR count). The molecule has 1 amide bonds. The zero-order valence-electron chi connectivity index (χ0n) is 13.6. The van der Waals surface area contributed by atoms with Gasteiger partial charge in [0.2, 0.25) is 5.91 Å². The van der Waals surface area contributed by atoms with Crippen molar-refractivity contribution in [3.8, 4) is 11.3 Å². The van der Waals surface area contributed by atoms with Crippen LogP contribution in [0, 0.1) is 0 Å². The highest BCUT2D eigenvalue weighted by atomic mass is 16.2. The lowest BCUT2D eigenvalue weighted by Crippen LogP contribution is -2.31. The van der Waals surface area contributed by atoms with Gasteiger partial charge in [-0.3, -0.25) is 14.2 Å². The Balaban J connectivity index is 1.96. The minimum absolute atomic E-state index is 0.185. The number of benzene rings is 2. The van der Waals surface area contributed by atoms with Gasteiger partial charge in [0.05, 0.1) is 11.9 Å². The predicted molar refractivity (Wildman–Crippen MR) is 96.9 cm³/mol. The summed E-state index contributed by atoms with van der Waals surface area (Å²) in [4.78, 5) is 28.4. The number of nitrogens with one attached hydrogen (secondary N) is 1. The summed E-state index contributed by atoms with van der Waals surface area (Å²) < 4.78 is 1.35. The summed E-state index contributed by atoms with van der Waals surface area (Å²) in [5.41, 5.74) is 7.31. The first-order valence-corrected chi connectivity index (χ1v) is 7.86. The largest absolute Gasteiger partial charge is 0.368 e. The smallest absolute Gasteiger partial charge is 0.294 e. The first kappa shape index (κ1) is 16.4. The van der Waals surface area contributed by atoms with Crippen LogP contribution in [0.4, 0.5) is 5.82 Å². The zero-order valence-corrected chi connectivity index (χ0v) is 13.6. The minimum Gasteiger partial charge on any atom is -0.368 e. The van der Waals surface area contributed by atoms with Crippen LogP contribution < -0.4 is 16.6 Å². The van der Waals surface area contributed by atoms with Gasteiger partial charge in [0, 0.05) is 6.54 Å². The van der Waals surface area contributed by atoms with Gasteiger partial charge >= 0.3 is 0 Å². The number of carbonyl (C=O) groups excluding carboxylic acids is 1. The van der Waals surface area contributed by atoms with E-state index in [0.29, 0.717) is 12.2 Å². The van der Waals surface area contributed by atoms with Crippen molar-refractivity contribution in [3.05, 3.63) is 82.8 Å². The van der Waals surface area contributed by atoms with Crippen LogP contribution >= 0.6 is 0 Å². The van der Waals surface area contributed by atoms with Gasteiger partial charge in [-0.25, -0.2) is 4.98 Å². The first-order valence-electron chi connectivity index (χ1n) is 7.86. The number of amides is 1. The summed E-state index contributed by atoms with van der Waals surface area (Å²) >= 11 is 0. The maximum Gasteiger partial charge on any atom is 0.294 e. The Morgan fingerprint density at radius 1 is 1.04 bits per heavy atom. The fourth-order valence-electron chi connectivity index (χ4n) is 2.54. The highest BCUT2D eigenvalue weighted by molar-refractivity contribution is 5.75. The van der Waals surface area contributed by atoms with Gasteiger partial charge in [-0.15, -0.1) is 0 Å². The molecule has 0 aliphatic carbocycles. The van der Waals surface area contributed by atoms with Crippen LogP contribution in [-0.2, 0) is 17.9 Å². The van der Waals surface area contributed by atoms with Crippen molar-refractivity contribution in [2.45, 2.75) is 13.1 Å². The third-order valence-corrected chi connectivity index (χ3v) is 3.74. The van der Waals surface area contributed by atoms with Crippen LogP contribution in [0.5, 0.6) is 0 Å². The number of nitrogens with zero attached hydrogens (tertiary/aromatic N) is 2. The molecule has 6 heteroatoms. The van der Waals surface area contributed by atoms with Crippen molar-refractivity contribution in [1.82, 2.24) is 9.55 Å². The summed E-state index contributed by atoms with van der Waals surface area (Å²) in [6.45, 7) is 0.260. The molecule has 0 fully saturated rings. The van der Waals surface area contributed by atoms with Gasteiger partial charge in [-0.2, -0.15) is 0 Å². The lowest BCUT2D eigenvalue weighted by Gasteiger charge is -2.13. The van der Waals surface area contributed by atoms with E-state index in [0.717, 1.165) is 11.1 Å². The van der Waals surface area contributed by atoms with Gasteiger partial charge in [-0.1, -0.05) is 60.7 Å². The van der Waals surface area contributed by atoms with E-state index in [1.165, 1.54) is 4.57 Å². The summed E-state index contributed by atoms with van der Waals surface area (Å²) in [7, 11) is 0. The van der Waals surface area contributed by atoms with Crippen LogP contribution in [-0.4, -0.2) is 15.5 Å². The molecule has 1 heterocycles. The van der Waals surface area contributed by atoms with E-state index in [1.54, 1.807) is 6.20 Å². The molecule has 3 aromatic rings. The molecule has 0 radical (unpaired) electrons. The molecular weight excluding hydrogens is 316 g/mol. The normalized spacial score (nSPS) is 10.4. The van der Waals surface area contributed by atoms with Gasteiger partial charge in [-0.05, 0) is 11.1 Å². The Bertz CT molecular complexity index is 921. The van der Waals surface area contributed by atoms with Crippen molar-refractivity contribution in [2.24, 2.45) is 5.73 Å². The van der Waals surface area contributed by atoms with Crippen LogP contribution in [0.25, 0.3) is 11.3 Å². The molecule has 0 unspecified atom stereocenters. The highest BCUT2D eigenvalue weighted by Gasteiger charge is 2.13. The molecule has 0 saturated carbocycles. The topological polar surface area (TPSA) is 90.0 Å². The van der Waals surface area contributed by atoms with E-state index >= 15 is 0 Å². The van der Waals surface area contributed by atoms with Gasteiger partial charge in [0.1, 0.15) is 6.54 Å². The van der Waals surface area contributed by atoms with E-state index in [9.17, 15) is 9.59 Å². The minimum atomic E-state index is -0.584. The number of rotatable bonds is 6. The first-order chi connectivity index (χ1) is 12.1. The van der Waals surface area contributed by atoms with Crippen molar-refractivity contribution in [1.29, 1.82) is 0 Å². The van der Waals surface area contributed by atoms with Gasteiger partial charge in [0.25, 0.3) is 5.56 Å². The summed E-state index contributed by atoms with van der Waals surface area (Å²) in [5.74, 6) is -0.399. The molecule has 0 saturated heterocycles. The molecule has 0 spiro atoms. The van der Waals surface area contributed by atoms with Crippen LogP contribution in [0.3, 0.4) is 0 Å². The average molecular weight is 334 g/mol. The molecule has 0 aliphatic heterocycles. The second-order valence-corrected chi connectivity index (χ2v) is 5.55. The lowest BCUT2D eigenvalue weighted by atomic mass is 10.1. The van der Waals surface area contributed by atoms with Crippen LogP contribution in [0.1, 0.15) is 5.56 Å². The Morgan fingerprint density at radius 3 is 2.32 bits per heavy atom. The number of hydrogen-bond acceptors (Lipinski definition) is 4. The quantitative estimate of drug-likeness (QED) is 0.721. The predicted octanol–water partition coefficient (Wildman–Crippen LogP) is 2.01. The summed E-state index contributed by atoms with van der Waals surface area (Å²) in [5, 5.41) is 3.02. The SMILES string of the molecule is NC(=O)Cn1c(-c2ccccc2)cnc(NCc2ccccc2)c1=O. The van der Waals surface area contributed by atoms with Gasteiger partial charge in [0.15, 0.2) is 5.82 Å². The zero-order chi connectivity index (χ0) is 17.6. The molecule has 0 atom stereocenters. The molecule has 1 aromatic heterocycles. The number of primary amides is 1. The highest BCUT2D eigenvalue weighted by Crippen LogP contribution is 2.17. The molecule has 0 bridgehead atoms. The second-order valence-electron chi connectivity index (χ2n) is 5.55. The third kappa shape index (κ3) is 3.92. The van der Waals surface area contributed by atoms with Crippen LogP contribution in [0.15, 0.2) is 71.7 Å². The molecule has 126 valence electrons. The van der Waals surface area contributed by atoms with E-state index in [2.05, 4.69) is 10.3 Å². The molecule has 2 aromatic carbocycles. The Morgan fingerprint density at radius 2 is 1.68 bits per heavy atom. The number of anilines is 1. The number of carbonyl (C=O) groups is 1. The summed E-state index contributed by atoms with van der Waals surface area (Å²) in [6, 6.07) is 19.0. The van der Waals surface area contributed by atoms with E-state index in [4.69, 9.17) is 5.73 Å². The molecule has 6 nitrogen and oxygen atoms in total. The maximum atomic E-state index is 12.8. The average Bonchev–Trinajstić information content (AvgIpc) is 2.63. The second kappa shape index (κ2) is 7.44. The Hall–Kier alpha value is -3.41. The van der Waals surface area contributed by atoms with E-state index < -0.39 is 5.91 Å².